The topological polar surface area (TPSA) is 81.4 Å². The van der Waals surface area contributed by atoms with Crippen molar-refractivity contribution >= 4 is 45.8 Å². The highest BCUT2D eigenvalue weighted by molar-refractivity contribution is 14.1. The van der Waals surface area contributed by atoms with Crippen LogP contribution in [-0.2, 0) is 9.53 Å². The molecule has 2 rings (SSSR count). The number of carbonyl (C=O) groups excluding carboxylic acids is 2. The monoisotopic (exact) mass is 410 g/mol. The average molecular weight is 410 g/mol. The molecule has 3 N–H and O–H groups in total. The molecule has 6 heteroatoms. The molecule has 0 fully saturated rings. The van der Waals surface area contributed by atoms with Gasteiger partial charge in [-0.05, 0) is 65.4 Å². The van der Waals surface area contributed by atoms with Gasteiger partial charge < -0.3 is 15.8 Å². The molecule has 0 atom stereocenters. The summed E-state index contributed by atoms with van der Waals surface area (Å²) in [5.41, 5.74) is 7.89. The van der Waals surface area contributed by atoms with Crippen molar-refractivity contribution in [2.75, 3.05) is 17.7 Å². The second kappa shape index (κ2) is 7.26. The Bertz CT molecular complexity index is 716. The highest BCUT2D eigenvalue weighted by Gasteiger charge is 2.13. The fourth-order valence-corrected chi connectivity index (χ4v) is 2.49. The van der Waals surface area contributed by atoms with Gasteiger partial charge in [-0.1, -0.05) is 12.1 Å². The molecule has 0 saturated heterocycles. The number of nitrogens with one attached hydrogen (secondary N) is 1. The van der Waals surface area contributed by atoms with Crippen LogP contribution in [0.3, 0.4) is 0 Å². The van der Waals surface area contributed by atoms with Crippen LogP contribution in [0.1, 0.15) is 15.9 Å². The van der Waals surface area contributed by atoms with Crippen molar-refractivity contribution in [3.8, 4) is 0 Å². The van der Waals surface area contributed by atoms with Crippen LogP contribution in [0.5, 0.6) is 0 Å². The van der Waals surface area contributed by atoms with E-state index < -0.39 is 11.9 Å². The van der Waals surface area contributed by atoms with Crippen LogP contribution in [0.4, 0.5) is 11.4 Å². The molecular formula is C16H15IN2O3. The van der Waals surface area contributed by atoms with Crippen molar-refractivity contribution in [2.45, 2.75) is 6.92 Å². The second-order valence-electron chi connectivity index (χ2n) is 4.67. The Hall–Kier alpha value is -2.09. The first-order valence-corrected chi connectivity index (χ1v) is 7.63. The molecule has 0 aromatic heterocycles. The van der Waals surface area contributed by atoms with Crippen molar-refractivity contribution in [1.82, 2.24) is 0 Å². The van der Waals surface area contributed by atoms with Gasteiger partial charge in [0.2, 0.25) is 0 Å². The zero-order chi connectivity index (χ0) is 16.1. The van der Waals surface area contributed by atoms with Gasteiger partial charge in [0.15, 0.2) is 6.61 Å². The van der Waals surface area contributed by atoms with Gasteiger partial charge in [0, 0.05) is 14.9 Å². The Morgan fingerprint density at radius 1 is 1.23 bits per heavy atom. The molecule has 2 aromatic rings. The van der Waals surface area contributed by atoms with Crippen LogP contribution >= 0.6 is 22.6 Å². The number of amides is 1. The quantitative estimate of drug-likeness (QED) is 0.462. The molecule has 1 amide bonds. The molecule has 0 radical (unpaired) electrons. The van der Waals surface area contributed by atoms with Crippen LogP contribution in [-0.4, -0.2) is 18.5 Å². The predicted molar refractivity (Wildman–Crippen MR) is 93.7 cm³/mol. The maximum absolute atomic E-state index is 11.9. The lowest BCUT2D eigenvalue weighted by Gasteiger charge is -2.10. The Balaban J connectivity index is 1.93. The third-order valence-electron chi connectivity index (χ3n) is 2.98. The van der Waals surface area contributed by atoms with Crippen molar-refractivity contribution in [2.24, 2.45) is 0 Å². The van der Waals surface area contributed by atoms with Crippen molar-refractivity contribution in [3.63, 3.8) is 0 Å². The highest BCUT2D eigenvalue weighted by Crippen LogP contribution is 2.17. The number of para-hydroxylation sites is 1. The highest BCUT2D eigenvalue weighted by atomic mass is 127. The zero-order valence-corrected chi connectivity index (χ0v) is 14.1. The van der Waals surface area contributed by atoms with Gasteiger partial charge >= 0.3 is 5.97 Å². The van der Waals surface area contributed by atoms with Crippen LogP contribution in [0.25, 0.3) is 0 Å². The van der Waals surface area contributed by atoms with Gasteiger partial charge in [-0.25, -0.2) is 4.79 Å². The summed E-state index contributed by atoms with van der Waals surface area (Å²) >= 11 is 2.20. The molecule has 0 spiro atoms. The van der Waals surface area contributed by atoms with Crippen LogP contribution in [0.15, 0.2) is 42.5 Å². The van der Waals surface area contributed by atoms with Crippen molar-refractivity contribution in [3.05, 3.63) is 57.2 Å². The van der Waals surface area contributed by atoms with E-state index in [0.29, 0.717) is 11.4 Å². The third-order valence-corrected chi connectivity index (χ3v) is 3.65. The third kappa shape index (κ3) is 4.20. The van der Waals surface area contributed by atoms with Gasteiger partial charge in [-0.15, -0.1) is 0 Å². The number of esters is 1. The summed E-state index contributed by atoms with van der Waals surface area (Å²) < 4.78 is 6.06. The maximum Gasteiger partial charge on any atom is 0.340 e. The molecule has 0 unspecified atom stereocenters. The Labute approximate surface area is 142 Å². The molecular weight excluding hydrogens is 395 g/mol. The summed E-state index contributed by atoms with van der Waals surface area (Å²) in [7, 11) is 0. The number of halogens is 1. The minimum Gasteiger partial charge on any atom is -0.452 e. The number of nitrogens with two attached hydrogens (primary N) is 1. The summed E-state index contributed by atoms with van der Waals surface area (Å²) in [5.74, 6) is -1.01. The number of hydrogen-bond acceptors (Lipinski definition) is 4. The van der Waals surface area contributed by atoms with E-state index in [2.05, 4.69) is 27.9 Å². The second-order valence-corrected chi connectivity index (χ2v) is 5.92. The van der Waals surface area contributed by atoms with Gasteiger partial charge in [-0.3, -0.25) is 4.79 Å². The van der Waals surface area contributed by atoms with E-state index in [0.717, 1.165) is 9.13 Å². The summed E-state index contributed by atoms with van der Waals surface area (Å²) in [6, 6.07) is 12.2. The number of rotatable bonds is 4. The van der Waals surface area contributed by atoms with E-state index in [9.17, 15) is 9.59 Å². The van der Waals surface area contributed by atoms with E-state index in [1.54, 1.807) is 24.3 Å². The first-order chi connectivity index (χ1) is 10.5. The maximum atomic E-state index is 11.9. The number of ether oxygens (including phenoxy) is 1. The minimum absolute atomic E-state index is 0.251. The molecule has 0 aliphatic heterocycles. The average Bonchev–Trinajstić information content (AvgIpc) is 2.48. The molecule has 5 nitrogen and oxygen atoms in total. The normalized spacial score (nSPS) is 10.1. The van der Waals surface area contributed by atoms with Crippen LogP contribution in [0, 0.1) is 10.5 Å². The molecule has 114 valence electrons. The van der Waals surface area contributed by atoms with Crippen molar-refractivity contribution in [1.29, 1.82) is 0 Å². The lowest BCUT2D eigenvalue weighted by atomic mass is 10.2. The van der Waals surface area contributed by atoms with Crippen LogP contribution < -0.4 is 11.1 Å². The minimum atomic E-state index is -0.618. The SMILES string of the molecule is Cc1cc(I)ccc1NC(=O)COC(=O)c1ccccc1N. The largest absolute Gasteiger partial charge is 0.452 e. The Kier molecular flexibility index (Phi) is 5.37. The lowest BCUT2D eigenvalue weighted by Crippen LogP contribution is -2.21. The summed E-state index contributed by atoms with van der Waals surface area (Å²) in [6.45, 7) is 1.53. The van der Waals surface area contributed by atoms with E-state index in [1.807, 2.05) is 25.1 Å². The predicted octanol–water partition coefficient (Wildman–Crippen LogP) is 2.98. The first kappa shape index (κ1) is 16.3. The Morgan fingerprint density at radius 3 is 2.64 bits per heavy atom. The molecule has 0 heterocycles. The number of nitrogen functional groups attached to an aromatic ring is 1. The molecule has 0 aliphatic carbocycles. The number of benzene rings is 2. The molecule has 0 saturated carbocycles. The smallest absolute Gasteiger partial charge is 0.340 e. The standard InChI is InChI=1S/C16H15IN2O3/c1-10-8-11(17)6-7-14(10)19-15(20)9-22-16(21)12-4-2-3-5-13(12)18/h2-8H,9,18H2,1H3,(H,19,20). The first-order valence-electron chi connectivity index (χ1n) is 6.55. The van der Waals surface area contributed by atoms with E-state index in [4.69, 9.17) is 10.5 Å². The molecule has 0 bridgehead atoms. The van der Waals surface area contributed by atoms with Crippen molar-refractivity contribution < 1.29 is 14.3 Å². The molecule has 0 aliphatic rings. The number of carbonyl (C=O) groups is 2. The molecule has 22 heavy (non-hydrogen) atoms. The number of hydrogen-bond donors (Lipinski definition) is 2. The number of anilines is 2. The summed E-state index contributed by atoms with van der Waals surface area (Å²) in [4.78, 5) is 23.7. The number of aryl methyl sites for hydroxylation is 1. The van der Waals surface area contributed by atoms with E-state index in [-0.39, 0.29) is 12.2 Å². The zero-order valence-electron chi connectivity index (χ0n) is 11.9. The van der Waals surface area contributed by atoms with Gasteiger partial charge in [0.1, 0.15) is 0 Å². The summed E-state index contributed by atoms with van der Waals surface area (Å²) in [5, 5.41) is 2.71. The van der Waals surface area contributed by atoms with Gasteiger partial charge in [0.25, 0.3) is 5.91 Å². The van der Waals surface area contributed by atoms with Gasteiger partial charge in [-0.2, -0.15) is 0 Å². The fourth-order valence-electron chi connectivity index (χ4n) is 1.85. The Morgan fingerprint density at radius 2 is 1.95 bits per heavy atom. The fraction of sp³-hybridized carbons (Fsp3) is 0.125. The summed E-state index contributed by atoms with van der Waals surface area (Å²) in [6.07, 6.45) is 0. The van der Waals surface area contributed by atoms with E-state index >= 15 is 0 Å². The lowest BCUT2D eigenvalue weighted by molar-refractivity contribution is -0.119. The van der Waals surface area contributed by atoms with Gasteiger partial charge in [0.05, 0.1) is 5.56 Å². The van der Waals surface area contributed by atoms with Crippen LogP contribution in [0.2, 0.25) is 0 Å². The molecule has 2 aromatic carbocycles. The van der Waals surface area contributed by atoms with E-state index in [1.165, 1.54) is 0 Å².